The quantitative estimate of drug-likeness (QED) is 0.497. The van der Waals surface area contributed by atoms with Crippen LogP contribution in [0.5, 0.6) is 11.5 Å². The average Bonchev–Trinajstić information content (AvgIpc) is 2.47. The number of halogens is 1. The van der Waals surface area contributed by atoms with E-state index in [1.807, 2.05) is 48.2 Å². The van der Waals surface area contributed by atoms with Gasteiger partial charge in [-0.25, -0.2) is 0 Å². The van der Waals surface area contributed by atoms with Crippen molar-refractivity contribution in [3.8, 4) is 11.5 Å². The number of ether oxygens (including phenoxy) is 1. The molecule has 0 aromatic heterocycles. The lowest BCUT2D eigenvalue weighted by molar-refractivity contribution is 0.482. The van der Waals surface area contributed by atoms with Crippen LogP contribution in [0.15, 0.2) is 53.4 Å². The van der Waals surface area contributed by atoms with Gasteiger partial charge in [-0.3, -0.25) is 0 Å². The normalized spacial score (nSPS) is 10.4. The molecule has 0 atom stereocenters. The maximum Gasteiger partial charge on any atom is 0.127 e. The molecule has 0 unspecified atom stereocenters. The van der Waals surface area contributed by atoms with E-state index in [0.717, 1.165) is 22.8 Å². The molecule has 0 N–H and O–H groups in total. The van der Waals surface area contributed by atoms with Crippen molar-refractivity contribution in [3.05, 3.63) is 54.1 Å². The van der Waals surface area contributed by atoms with Crippen molar-refractivity contribution in [2.45, 2.75) is 24.1 Å². The SMILES string of the molecule is CCCSc1ccc(Oc2ccc(CCl)cc2)cc1. The summed E-state index contributed by atoms with van der Waals surface area (Å²) in [6.45, 7) is 2.19. The largest absolute Gasteiger partial charge is 0.457 e. The molecule has 0 aliphatic heterocycles. The third kappa shape index (κ3) is 4.48. The van der Waals surface area contributed by atoms with Crippen molar-refractivity contribution in [1.82, 2.24) is 0 Å². The molecule has 0 aliphatic carbocycles. The second-order valence-electron chi connectivity index (χ2n) is 4.20. The minimum atomic E-state index is 0.531. The zero-order valence-electron chi connectivity index (χ0n) is 10.9. The fraction of sp³-hybridized carbons (Fsp3) is 0.250. The smallest absolute Gasteiger partial charge is 0.127 e. The lowest BCUT2D eigenvalue weighted by atomic mass is 10.2. The van der Waals surface area contributed by atoms with E-state index < -0.39 is 0 Å². The van der Waals surface area contributed by atoms with Gasteiger partial charge in [-0.1, -0.05) is 19.1 Å². The first kappa shape index (κ1) is 14.3. The fourth-order valence-corrected chi connectivity index (χ4v) is 2.55. The molecule has 0 saturated heterocycles. The van der Waals surface area contributed by atoms with E-state index in [0.29, 0.717) is 5.88 Å². The minimum Gasteiger partial charge on any atom is -0.457 e. The summed E-state index contributed by atoms with van der Waals surface area (Å²) in [5.74, 6) is 3.38. The summed E-state index contributed by atoms with van der Waals surface area (Å²) in [6, 6.07) is 16.1. The summed E-state index contributed by atoms with van der Waals surface area (Å²) in [5.41, 5.74) is 1.10. The van der Waals surface area contributed by atoms with Crippen LogP contribution in [0.4, 0.5) is 0 Å². The van der Waals surface area contributed by atoms with Crippen LogP contribution in [0.25, 0.3) is 0 Å². The summed E-state index contributed by atoms with van der Waals surface area (Å²) in [7, 11) is 0. The molecule has 0 saturated carbocycles. The van der Waals surface area contributed by atoms with Crippen LogP contribution in [-0.2, 0) is 5.88 Å². The molecule has 19 heavy (non-hydrogen) atoms. The topological polar surface area (TPSA) is 9.23 Å². The number of rotatable bonds is 6. The monoisotopic (exact) mass is 292 g/mol. The van der Waals surface area contributed by atoms with Gasteiger partial charge in [0, 0.05) is 10.8 Å². The Kier molecular flexibility index (Phi) is 5.62. The van der Waals surface area contributed by atoms with Crippen LogP contribution in [0.1, 0.15) is 18.9 Å². The van der Waals surface area contributed by atoms with Crippen LogP contribution in [0, 0.1) is 0 Å². The third-order valence-corrected chi connectivity index (χ3v) is 4.14. The molecule has 0 radical (unpaired) electrons. The molecule has 2 rings (SSSR count). The van der Waals surface area contributed by atoms with Gasteiger partial charge in [0.2, 0.25) is 0 Å². The molecule has 100 valence electrons. The van der Waals surface area contributed by atoms with Gasteiger partial charge < -0.3 is 4.74 Å². The Morgan fingerprint density at radius 1 is 0.947 bits per heavy atom. The lowest BCUT2D eigenvalue weighted by Crippen LogP contribution is -1.85. The highest BCUT2D eigenvalue weighted by atomic mass is 35.5. The highest BCUT2D eigenvalue weighted by Gasteiger charge is 1.99. The number of alkyl halides is 1. The second kappa shape index (κ2) is 7.46. The van der Waals surface area contributed by atoms with Crippen LogP contribution in [0.3, 0.4) is 0 Å². The van der Waals surface area contributed by atoms with E-state index in [1.54, 1.807) is 0 Å². The molecule has 0 spiro atoms. The predicted octanol–water partition coefficient (Wildman–Crippen LogP) is 5.72. The van der Waals surface area contributed by atoms with Crippen molar-refractivity contribution < 1.29 is 4.74 Å². The van der Waals surface area contributed by atoms with Crippen molar-refractivity contribution in [2.24, 2.45) is 0 Å². The highest BCUT2D eigenvalue weighted by molar-refractivity contribution is 7.99. The zero-order chi connectivity index (χ0) is 13.5. The molecule has 3 heteroatoms. The standard InChI is InChI=1S/C16H17ClOS/c1-2-11-19-16-9-7-15(8-10-16)18-14-5-3-13(12-17)4-6-14/h3-10H,2,11-12H2,1H3. The third-order valence-electron chi connectivity index (χ3n) is 2.61. The van der Waals surface area contributed by atoms with Gasteiger partial charge in [-0.2, -0.15) is 0 Å². The Morgan fingerprint density at radius 3 is 2.05 bits per heavy atom. The zero-order valence-corrected chi connectivity index (χ0v) is 12.5. The maximum atomic E-state index is 5.78. The molecule has 0 bridgehead atoms. The molecule has 2 aromatic rings. The van der Waals surface area contributed by atoms with Crippen LogP contribution in [0.2, 0.25) is 0 Å². The van der Waals surface area contributed by atoms with Crippen molar-refractivity contribution in [1.29, 1.82) is 0 Å². The molecule has 0 heterocycles. The molecule has 0 amide bonds. The van der Waals surface area contributed by atoms with Crippen LogP contribution < -0.4 is 4.74 Å². The van der Waals surface area contributed by atoms with Crippen LogP contribution >= 0.6 is 23.4 Å². The lowest BCUT2D eigenvalue weighted by Gasteiger charge is -2.07. The van der Waals surface area contributed by atoms with Gasteiger partial charge in [0.25, 0.3) is 0 Å². The van der Waals surface area contributed by atoms with E-state index >= 15 is 0 Å². The summed E-state index contributed by atoms with van der Waals surface area (Å²) < 4.78 is 5.78. The summed E-state index contributed by atoms with van der Waals surface area (Å²) in [4.78, 5) is 1.28. The van der Waals surface area contributed by atoms with Gasteiger partial charge in [0.15, 0.2) is 0 Å². The van der Waals surface area contributed by atoms with E-state index in [4.69, 9.17) is 16.3 Å². The summed E-state index contributed by atoms with van der Waals surface area (Å²) in [6.07, 6.45) is 1.19. The first-order valence-electron chi connectivity index (χ1n) is 6.37. The van der Waals surface area contributed by atoms with E-state index in [2.05, 4.69) is 19.1 Å². The Hall–Kier alpha value is -1.12. The molecular formula is C16H17ClOS. The van der Waals surface area contributed by atoms with Gasteiger partial charge in [0.05, 0.1) is 0 Å². The first-order valence-corrected chi connectivity index (χ1v) is 7.89. The van der Waals surface area contributed by atoms with E-state index in [1.165, 1.54) is 11.3 Å². The summed E-state index contributed by atoms with van der Waals surface area (Å²) >= 11 is 7.63. The van der Waals surface area contributed by atoms with Gasteiger partial charge in [-0.15, -0.1) is 23.4 Å². The Bertz CT molecular complexity index is 493. The minimum absolute atomic E-state index is 0.531. The molecule has 0 aliphatic rings. The van der Waals surface area contributed by atoms with E-state index in [9.17, 15) is 0 Å². The predicted molar refractivity (Wildman–Crippen MR) is 83.5 cm³/mol. The Labute approximate surface area is 123 Å². The fourth-order valence-electron chi connectivity index (χ4n) is 1.61. The maximum absolute atomic E-state index is 5.78. The number of thioether (sulfide) groups is 1. The van der Waals surface area contributed by atoms with Crippen molar-refractivity contribution in [2.75, 3.05) is 5.75 Å². The highest BCUT2D eigenvalue weighted by Crippen LogP contribution is 2.25. The molecule has 1 nitrogen and oxygen atoms in total. The Balaban J connectivity index is 1.98. The number of hydrogen-bond donors (Lipinski definition) is 0. The van der Waals surface area contributed by atoms with Gasteiger partial charge >= 0.3 is 0 Å². The average molecular weight is 293 g/mol. The number of benzene rings is 2. The number of hydrogen-bond acceptors (Lipinski definition) is 2. The van der Waals surface area contributed by atoms with Crippen LogP contribution in [-0.4, -0.2) is 5.75 Å². The molecular weight excluding hydrogens is 276 g/mol. The second-order valence-corrected chi connectivity index (χ2v) is 5.64. The summed E-state index contributed by atoms with van der Waals surface area (Å²) in [5, 5.41) is 0. The van der Waals surface area contributed by atoms with E-state index in [-0.39, 0.29) is 0 Å². The van der Waals surface area contributed by atoms with Gasteiger partial charge in [-0.05, 0) is 54.1 Å². The molecule has 2 aromatic carbocycles. The van der Waals surface area contributed by atoms with Crippen molar-refractivity contribution in [3.63, 3.8) is 0 Å². The first-order chi connectivity index (χ1) is 9.31. The Morgan fingerprint density at radius 2 is 1.53 bits per heavy atom. The molecule has 0 fully saturated rings. The van der Waals surface area contributed by atoms with Crippen molar-refractivity contribution >= 4 is 23.4 Å². The van der Waals surface area contributed by atoms with Gasteiger partial charge in [0.1, 0.15) is 11.5 Å².